The molecule has 107 valence electrons. The van der Waals surface area contributed by atoms with Crippen molar-refractivity contribution in [1.29, 1.82) is 0 Å². The first-order valence-electron chi connectivity index (χ1n) is 7.39. The van der Waals surface area contributed by atoms with E-state index in [1.807, 2.05) is 0 Å². The van der Waals surface area contributed by atoms with Crippen LogP contribution in [0.2, 0.25) is 0 Å². The minimum Gasteiger partial charge on any atom is -0.223 e. The maximum atomic E-state index is 2.25. The number of hydrogen-bond donors (Lipinski definition) is 0. The van der Waals surface area contributed by atoms with Crippen LogP contribution in [-0.4, -0.2) is 0 Å². The van der Waals surface area contributed by atoms with Gasteiger partial charge in [-0.15, -0.1) is 12.2 Å². The van der Waals surface area contributed by atoms with Gasteiger partial charge in [-0.2, -0.15) is 5.57 Å². The van der Waals surface area contributed by atoms with Crippen molar-refractivity contribution in [2.75, 3.05) is 0 Å². The van der Waals surface area contributed by atoms with Crippen molar-refractivity contribution in [2.45, 2.75) is 47.0 Å². The first-order chi connectivity index (χ1) is 9.18. The molecule has 0 unspecified atom stereocenters. The molecular formula is C20H26Li. The molecule has 0 atom stereocenters. The Morgan fingerprint density at radius 3 is 1.71 bits per heavy atom. The zero-order chi connectivity index (χ0) is 15.0. The van der Waals surface area contributed by atoms with Crippen molar-refractivity contribution in [2.24, 2.45) is 5.41 Å². The van der Waals surface area contributed by atoms with E-state index in [-0.39, 0.29) is 29.7 Å². The smallest absolute Gasteiger partial charge is 0.223 e. The fourth-order valence-corrected chi connectivity index (χ4v) is 2.33. The van der Waals surface area contributed by atoms with Crippen LogP contribution in [0.3, 0.4) is 0 Å². The average Bonchev–Trinajstić information content (AvgIpc) is 2.37. The van der Waals surface area contributed by atoms with E-state index < -0.39 is 0 Å². The molecule has 21 heavy (non-hydrogen) atoms. The Balaban J connectivity index is 0.00000220. The molecule has 0 amide bonds. The molecule has 0 saturated carbocycles. The zero-order valence-corrected chi connectivity index (χ0v) is 14.6. The summed E-state index contributed by atoms with van der Waals surface area (Å²) in [7, 11) is 0. The molecule has 0 aliphatic heterocycles. The number of benzene rings is 1. The van der Waals surface area contributed by atoms with Gasteiger partial charge in [-0.05, 0) is 16.9 Å². The van der Waals surface area contributed by atoms with Crippen LogP contribution in [0.1, 0.15) is 52.7 Å². The van der Waals surface area contributed by atoms with Crippen molar-refractivity contribution < 1.29 is 18.9 Å². The fourth-order valence-electron chi connectivity index (χ4n) is 2.33. The monoisotopic (exact) mass is 273 g/mol. The Bertz CT molecular complexity index is 518. The molecule has 1 radical (unpaired) electrons. The van der Waals surface area contributed by atoms with E-state index in [9.17, 15) is 0 Å². The molecule has 2 rings (SSSR count). The van der Waals surface area contributed by atoms with E-state index in [0.29, 0.717) is 0 Å². The first-order valence-corrected chi connectivity index (χ1v) is 7.39. The second-order valence-corrected chi connectivity index (χ2v) is 7.65. The summed E-state index contributed by atoms with van der Waals surface area (Å²) >= 11 is 0. The topological polar surface area (TPSA) is 0 Å². The van der Waals surface area contributed by atoms with E-state index >= 15 is 0 Å². The molecular weight excluding hydrogens is 247 g/mol. The third-order valence-corrected chi connectivity index (χ3v) is 3.84. The molecule has 0 saturated heterocycles. The predicted octanol–water partition coefficient (Wildman–Crippen LogP) is 2.66. The minimum absolute atomic E-state index is 0. The molecule has 0 bridgehead atoms. The van der Waals surface area contributed by atoms with Crippen LogP contribution in [0.15, 0.2) is 48.1 Å². The van der Waals surface area contributed by atoms with Gasteiger partial charge in [0.2, 0.25) is 0 Å². The van der Waals surface area contributed by atoms with Gasteiger partial charge < -0.3 is 0 Å². The number of hydrogen-bond acceptors (Lipinski definition) is 0. The van der Waals surface area contributed by atoms with Crippen molar-refractivity contribution in [3.63, 3.8) is 0 Å². The van der Waals surface area contributed by atoms with Gasteiger partial charge in [0.05, 0.1) is 0 Å². The average molecular weight is 273 g/mol. The van der Waals surface area contributed by atoms with Crippen LogP contribution in [0.5, 0.6) is 0 Å². The third kappa shape index (κ3) is 4.57. The quantitative estimate of drug-likeness (QED) is 0.545. The number of rotatable bonds is 1. The summed E-state index contributed by atoms with van der Waals surface area (Å²) in [6, 6.07) is 8.94. The SMILES string of the molecule is CC(C)(C)C1=C[CH-][C](c2ccc(C(C)(C)C)cc2)C=C1.[Li+]. The maximum Gasteiger partial charge on any atom is 1.00 e. The summed E-state index contributed by atoms with van der Waals surface area (Å²) in [5, 5.41) is 0. The first kappa shape index (κ1) is 18.2. The van der Waals surface area contributed by atoms with E-state index in [2.05, 4.69) is 90.5 Å². The predicted molar refractivity (Wildman–Crippen MR) is 88.5 cm³/mol. The van der Waals surface area contributed by atoms with Gasteiger partial charge in [-0.3, -0.25) is 0 Å². The van der Waals surface area contributed by atoms with Gasteiger partial charge in [0.25, 0.3) is 0 Å². The summed E-state index contributed by atoms with van der Waals surface area (Å²) in [5.41, 5.74) is 4.49. The Labute approximate surface area is 142 Å². The standard InChI is InChI=1S/C20H26.Li/c1-19(2,3)17-11-7-15(8-12-17)16-9-13-18(14-10-16)20(4,5)6;/h7-14H,1-6H3;/q-1;+1. The van der Waals surface area contributed by atoms with E-state index in [1.165, 1.54) is 22.6 Å². The molecule has 1 aliphatic rings. The van der Waals surface area contributed by atoms with E-state index in [1.54, 1.807) is 0 Å². The van der Waals surface area contributed by atoms with Crippen LogP contribution in [0, 0.1) is 17.8 Å². The molecule has 0 spiro atoms. The largest absolute Gasteiger partial charge is 1.00 e. The summed E-state index contributed by atoms with van der Waals surface area (Å²) in [6.45, 7) is 13.5. The second-order valence-electron chi connectivity index (χ2n) is 7.65. The van der Waals surface area contributed by atoms with Gasteiger partial charge in [0.1, 0.15) is 0 Å². The van der Waals surface area contributed by atoms with Gasteiger partial charge in [-0.1, -0.05) is 76.8 Å². The fraction of sp³-hybridized carbons (Fsp3) is 0.400. The van der Waals surface area contributed by atoms with Gasteiger partial charge in [-0.25, -0.2) is 12.5 Å². The summed E-state index contributed by atoms with van der Waals surface area (Å²) in [5.74, 6) is 1.29. The van der Waals surface area contributed by atoms with Crippen LogP contribution in [0.4, 0.5) is 0 Å². The van der Waals surface area contributed by atoms with Crippen LogP contribution < -0.4 is 18.9 Å². The molecule has 1 aromatic rings. The van der Waals surface area contributed by atoms with Gasteiger partial charge in [0.15, 0.2) is 0 Å². The van der Waals surface area contributed by atoms with Crippen molar-refractivity contribution in [3.8, 4) is 0 Å². The van der Waals surface area contributed by atoms with Crippen LogP contribution in [0.25, 0.3) is 0 Å². The summed E-state index contributed by atoms with van der Waals surface area (Å²) in [4.78, 5) is 0. The summed E-state index contributed by atoms with van der Waals surface area (Å²) < 4.78 is 0. The van der Waals surface area contributed by atoms with Crippen molar-refractivity contribution >= 4 is 0 Å². The maximum absolute atomic E-state index is 2.25. The summed E-state index contributed by atoms with van der Waals surface area (Å²) in [6.07, 6.45) is 8.94. The molecule has 1 heteroatoms. The zero-order valence-electron chi connectivity index (χ0n) is 14.6. The minimum atomic E-state index is 0. The van der Waals surface area contributed by atoms with Crippen molar-refractivity contribution in [3.05, 3.63) is 71.5 Å². The molecule has 0 fully saturated rings. The molecule has 1 aliphatic carbocycles. The van der Waals surface area contributed by atoms with Crippen LogP contribution in [-0.2, 0) is 5.41 Å². The number of allylic oxidation sites excluding steroid dienone is 4. The molecule has 0 heterocycles. The molecule has 0 nitrogen and oxygen atoms in total. The Hall–Kier alpha value is -0.833. The molecule has 0 N–H and O–H groups in total. The van der Waals surface area contributed by atoms with E-state index in [0.717, 1.165) is 0 Å². The second kappa shape index (κ2) is 6.51. The van der Waals surface area contributed by atoms with Crippen molar-refractivity contribution in [1.82, 2.24) is 0 Å². The Morgan fingerprint density at radius 1 is 0.762 bits per heavy atom. The normalized spacial score (nSPS) is 16.0. The molecule has 0 aromatic heterocycles. The van der Waals surface area contributed by atoms with Crippen LogP contribution >= 0.6 is 0 Å². The Kier molecular flexibility index (Phi) is 5.65. The molecule has 1 aromatic carbocycles. The van der Waals surface area contributed by atoms with E-state index in [4.69, 9.17) is 0 Å². The van der Waals surface area contributed by atoms with Gasteiger partial charge in [0, 0.05) is 0 Å². The Morgan fingerprint density at radius 2 is 1.33 bits per heavy atom. The third-order valence-electron chi connectivity index (χ3n) is 3.84. The van der Waals surface area contributed by atoms with Gasteiger partial charge >= 0.3 is 18.9 Å².